The molecule has 0 aliphatic carbocycles. The Kier molecular flexibility index (Phi) is 6.79. The molecule has 1 aromatic heterocycles. The second kappa shape index (κ2) is 9.75. The summed E-state index contributed by atoms with van der Waals surface area (Å²) in [4.78, 5) is 14.8. The number of hydrogen-bond donors (Lipinski definition) is 0. The predicted octanol–water partition coefficient (Wildman–Crippen LogP) is 4.71. The van der Waals surface area contributed by atoms with Crippen molar-refractivity contribution in [2.24, 2.45) is 0 Å². The van der Waals surface area contributed by atoms with Crippen LogP contribution in [-0.2, 0) is 0 Å². The minimum Gasteiger partial charge on any atom is -0.496 e. The summed E-state index contributed by atoms with van der Waals surface area (Å²) >= 11 is 0. The van der Waals surface area contributed by atoms with E-state index in [0.717, 1.165) is 59.6 Å². The summed E-state index contributed by atoms with van der Waals surface area (Å²) in [6.07, 6.45) is 0.802. The highest BCUT2D eigenvalue weighted by atomic mass is 16.7. The standard InChI is InChI=1S/C26H31NO6/c1-6-27(7-2)11-10-18(17-8-9-19-20(13-17)32-15-31-19)25-22(30-5)14-21(29-4)24-16(3)12-23(28)33-26(24)25/h8-9,12-14,18H,6-7,10-11,15H2,1-5H3/t18-/m1/s1. The van der Waals surface area contributed by atoms with Gasteiger partial charge in [0.1, 0.15) is 17.1 Å². The first-order valence-corrected chi connectivity index (χ1v) is 11.3. The quantitative estimate of drug-likeness (QED) is 0.435. The number of ether oxygens (including phenoxy) is 4. The average Bonchev–Trinajstić information content (AvgIpc) is 3.29. The zero-order chi connectivity index (χ0) is 23.5. The molecular weight excluding hydrogens is 422 g/mol. The summed E-state index contributed by atoms with van der Waals surface area (Å²) in [6.45, 7) is 9.21. The minimum absolute atomic E-state index is 0.103. The van der Waals surface area contributed by atoms with Crippen molar-refractivity contribution in [2.45, 2.75) is 33.1 Å². The van der Waals surface area contributed by atoms with Crippen LogP contribution in [0.2, 0.25) is 0 Å². The molecule has 0 N–H and O–H groups in total. The predicted molar refractivity (Wildman–Crippen MR) is 127 cm³/mol. The number of fused-ring (bicyclic) bond motifs is 2. The van der Waals surface area contributed by atoms with Crippen LogP contribution in [0.3, 0.4) is 0 Å². The van der Waals surface area contributed by atoms with Gasteiger partial charge in [-0.2, -0.15) is 0 Å². The van der Waals surface area contributed by atoms with E-state index >= 15 is 0 Å². The van der Waals surface area contributed by atoms with Gasteiger partial charge in [-0.25, -0.2) is 4.79 Å². The van der Waals surface area contributed by atoms with Crippen LogP contribution in [0, 0.1) is 6.92 Å². The molecule has 0 spiro atoms. The van der Waals surface area contributed by atoms with Crippen molar-refractivity contribution in [1.29, 1.82) is 0 Å². The number of aryl methyl sites for hydroxylation is 1. The Morgan fingerprint density at radius 3 is 2.42 bits per heavy atom. The summed E-state index contributed by atoms with van der Waals surface area (Å²) in [5, 5.41) is 0.779. The van der Waals surface area contributed by atoms with Crippen LogP contribution in [-0.4, -0.2) is 45.5 Å². The van der Waals surface area contributed by atoms with E-state index in [2.05, 4.69) is 18.7 Å². The van der Waals surface area contributed by atoms with Crippen molar-refractivity contribution >= 4 is 11.0 Å². The fourth-order valence-electron chi connectivity index (χ4n) is 4.60. The maximum Gasteiger partial charge on any atom is 0.336 e. The third-order valence-corrected chi connectivity index (χ3v) is 6.39. The van der Waals surface area contributed by atoms with Gasteiger partial charge in [-0.1, -0.05) is 19.9 Å². The second-order valence-corrected chi connectivity index (χ2v) is 8.13. The molecule has 0 unspecified atom stereocenters. The highest BCUT2D eigenvalue weighted by molar-refractivity contribution is 5.92. The molecule has 33 heavy (non-hydrogen) atoms. The Hall–Kier alpha value is -3.19. The normalized spacial score (nSPS) is 13.5. The number of hydrogen-bond acceptors (Lipinski definition) is 7. The zero-order valence-electron chi connectivity index (χ0n) is 19.9. The largest absolute Gasteiger partial charge is 0.496 e. The van der Waals surface area contributed by atoms with Crippen LogP contribution in [0.15, 0.2) is 39.5 Å². The smallest absolute Gasteiger partial charge is 0.336 e. The molecule has 0 saturated carbocycles. The second-order valence-electron chi connectivity index (χ2n) is 8.13. The van der Waals surface area contributed by atoms with Gasteiger partial charge in [-0.15, -0.1) is 0 Å². The molecule has 0 bridgehead atoms. The lowest BCUT2D eigenvalue weighted by atomic mass is 9.85. The molecule has 1 aliphatic heterocycles. The Balaban J connectivity index is 1.96. The van der Waals surface area contributed by atoms with Crippen molar-refractivity contribution in [3.8, 4) is 23.0 Å². The molecule has 0 fully saturated rings. The van der Waals surface area contributed by atoms with Gasteiger partial charge in [0, 0.05) is 23.6 Å². The molecule has 2 aromatic carbocycles. The SMILES string of the molecule is CCN(CC)CC[C@H](c1ccc2c(c1)OCO2)c1c(OC)cc(OC)c2c(C)cc(=O)oc12. The molecule has 176 valence electrons. The first kappa shape index (κ1) is 23.0. The van der Waals surface area contributed by atoms with E-state index in [1.165, 1.54) is 6.07 Å². The van der Waals surface area contributed by atoms with Gasteiger partial charge in [0.15, 0.2) is 11.5 Å². The lowest BCUT2D eigenvalue weighted by Crippen LogP contribution is -2.25. The maximum atomic E-state index is 12.4. The zero-order valence-corrected chi connectivity index (χ0v) is 19.9. The topological polar surface area (TPSA) is 70.4 Å². The van der Waals surface area contributed by atoms with Crippen LogP contribution < -0.4 is 24.6 Å². The monoisotopic (exact) mass is 453 g/mol. The first-order valence-electron chi connectivity index (χ1n) is 11.3. The summed E-state index contributed by atoms with van der Waals surface area (Å²) < 4.78 is 28.5. The van der Waals surface area contributed by atoms with E-state index in [1.54, 1.807) is 14.2 Å². The fourth-order valence-corrected chi connectivity index (χ4v) is 4.60. The molecule has 0 amide bonds. The van der Waals surface area contributed by atoms with Crippen molar-refractivity contribution in [1.82, 2.24) is 4.90 Å². The summed E-state index contributed by atoms with van der Waals surface area (Å²) in [5.41, 5.74) is 2.78. The van der Waals surface area contributed by atoms with E-state index in [1.807, 2.05) is 31.2 Å². The highest BCUT2D eigenvalue weighted by Gasteiger charge is 2.28. The Morgan fingerprint density at radius 1 is 1.00 bits per heavy atom. The van der Waals surface area contributed by atoms with Gasteiger partial charge in [0.2, 0.25) is 6.79 Å². The summed E-state index contributed by atoms with van der Waals surface area (Å²) in [5.74, 6) is 2.58. The molecule has 2 heterocycles. The van der Waals surface area contributed by atoms with Crippen molar-refractivity contribution in [2.75, 3.05) is 40.6 Å². The van der Waals surface area contributed by atoms with Gasteiger partial charge in [-0.3, -0.25) is 0 Å². The van der Waals surface area contributed by atoms with Gasteiger partial charge in [0.05, 0.1) is 19.6 Å². The molecule has 0 radical (unpaired) electrons. The number of nitrogens with zero attached hydrogens (tertiary/aromatic N) is 1. The van der Waals surface area contributed by atoms with Gasteiger partial charge in [0.25, 0.3) is 0 Å². The highest BCUT2D eigenvalue weighted by Crippen LogP contribution is 2.45. The molecule has 7 heteroatoms. The van der Waals surface area contributed by atoms with Crippen LogP contribution in [0.4, 0.5) is 0 Å². The summed E-state index contributed by atoms with van der Waals surface area (Å²) in [7, 11) is 3.23. The van der Waals surface area contributed by atoms with E-state index in [9.17, 15) is 4.79 Å². The lowest BCUT2D eigenvalue weighted by molar-refractivity contribution is 0.174. The third kappa shape index (κ3) is 4.37. The van der Waals surface area contributed by atoms with Crippen molar-refractivity contribution < 1.29 is 23.4 Å². The van der Waals surface area contributed by atoms with E-state index in [-0.39, 0.29) is 12.7 Å². The Morgan fingerprint density at radius 2 is 1.73 bits per heavy atom. The van der Waals surface area contributed by atoms with Gasteiger partial charge < -0.3 is 28.3 Å². The Bertz CT molecular complexity index is 1200. The maximum absolute atomic E-state index is 12.4. The fraction of sp³-hybridized carbons (Fsp3) is 0.423. The van der Waals surface area contributed by atoms with E-state index < -0.39 is 5.63 Å². The van der Waals surface area contributed by atoms with Crippen LogP contribution in [0.5, 0.6) is 23.0 Å². The third-order valence-electron chi connectivity index (χ3n) is 6.39. The van der Waals surface area contributed by atoms with E-state index in [0.29, 0.717) is 17.1 Å². The minimum atomic E-state index is -0.398. The molecule has 1 atom stereocenters. The number of rotatable bonds is 9. The number of benzene rings is 2. The van der Waals surface area contributed by atoms with Gasteiger partial charge in [-0.05, 0) is 56.2 Å². The lowest BCUT2D eigenvalue weighted by Gasteiger charge is -2.26. The van der Waals surface area contributed by atoms with Crippen molar-refractivity contribution in [3.63, 3.8) is 0 Å². The summed E-state index contributed by atoms with van der Waals surface area (Å²) in [6, 6.07) is 9.36. The van der Waals surface area contributed by atoms with Crippen LogP contribution in [0.1, 0.15) is 42.9 Å². The average molecular weight is 454 g/mol. The molecule has 0 saturated heterocycles. The van der Waals surface area contributed by atoms with Crippen LogP contribution in [0.25, 0.3) is 11.0 Å². The van der Waals surface area contributed by atoms with Crippen LogP contribution >= 0.6 is 0 Å². The molecule has 7 nitrogen and oxygen atoms in total. The molecular formula is C26H31NO6. The Labute approximate surface area is 193 Å². The van der Waals surface area contributed by atoms with Crippen molar-refractivity contribution in [3.05, 3.63) is 57.4 Å². The molecule has 3 aromatic rings. The molecule has 1 aliphatic rings. The number of methoxy groups -OCH3 is 2. The first-order chi connectivity index (χ1) is 16.0. The van der Waals surface area contributed by atoms with Gasteiger partial charge >= 0.3 is 5.63 Å². The van der Waals surface area contributed by atoms with E-state index in [4.69, 9.17) is 23.4 Å². The molecule has 4 rings (SSSR count).